The van der Waals surface area contributed by atoms with Crippen LogP contribution in [0.1, 0.15) is 28.8 Å². The summed E-state index contributed by atoms with van der Waals surface area (Å²) < 4.78 is 1.77. The predicted octanol–water partition coefficient (Wildman–Crippen LogP) is 1.40. The van der Waals surface area contributed by atoms with Gasteiger partial charge in [-0.3, -0.25) is 9.48 Å². The Bertz CT molecular complexity index is 536. The van der Waals surface area contributed by atoms with Crippen molar-refractivity contribution in [3.63, 3.8) is 0 Å². The summed E-state index contributed by atoms with van der Waals surface area (Å²) >= 11 is 0. The molecule has 1 heterocycles. The zero-order valence-electron chi connectivity index (χ0n) is 11.5. The van der Waals surface area contributed by atoms with Gasteiger partial charge in [0.25, 0.3) is 5.91 Å². The fourth-order valence-corrected chi connectivity index (χ4v) is 1.91. The van der Waals surface area contributed by atoms with Gasteiger partial charge in [-0.05, 0) is 24.9 Å². The smallest absolute Gasteiger partial charge is 0.254 e. The number of benzene rings is 1. The molecule has 106 valence electrons. The molecule has 3 N–H and O–H groups in total. The Morgan fingerprint density at radius 1 is 1.25 bits per heavy atom. The van der Waals surface area contributed by atoms with Crippen LogP contribution < -0.4 is 11.1 Å². The van der Waals surface area contributed by atoms with Gasteiger partial charge in [0.15, 0.2) is 0 Å². The Kier molecular flexibility index (Phi) is 5.32. The summed E-state index contributed by atoms with van der Waals surface area (Å²) in [7, 11) is 0. The van der Waals surface area contributed by atoms with E-state index in [0.717, 1.165) is 18.4 Å². The van der Waals surface area contributed by atoms with Crippen molar-refractivity contribution in [3.05, 3.63) is 53.9 Å². The quantitative estimate of drug-likeness (QED) is 0.748. The molecule has 2 rings (SSSR count). The second kappa shape index (κ2) is 7.45. The number of rotatable bonds is 7. The number of nitrogens with one attached hydrogen (secondary N) is 1. The SMILES string of the molecule is NCCCCNC(=O)c1cnn(Cc2ccccc2)c1. The van der Waals surface area contributed by atoms with E-state index in [1.54, 1.807) is 17.1 Å². The second-order valence-electron chi connectivity index (χ2n) is 4.66. The van der Waals surface area contributed by atoms with E-state index in [4.69, 9.17) is 5.73 Å². The summed E-state index contributed by atoms with van der Waals surface area (Å²) in [5.41, 5.74) is 7.16. The van der Waals surface area contributed by atoms with Gasteiger partial charge in [0.2, 0.25) is 0 Å². The van der Waals surface area contributed by atoms with E-state index in [0.29, 0.717) is 25.2 Å². The highest BCUT2D eigenvalue weighted by Crippen LogP contribution is 2.04. The fourth-order valence-electron chi connectivity index (χ4n) is 1.91. The Labute approximate surface area is 118 Å². The second-order valence-corrected chi connectivity index (χ2v) is 4.66. The summed E-state index contributed by atoms with van der Waals surface area (Å²) in [5.74, 6) is -0.0821. The maximum atomic E-state index is 11.9. The maximum Gasteiger partial charge on any atom is 0.254 e. The number of unbranched alkanes of at least 4 members (excludes halogenated alkanes) is 1. The molecule has 0 saturated heterocycles. The summed E-state index contributed by atoms with van der Waals surface area (Å²) in [6.45, 7) is 1.98. The van der Waals surface area contributed by atoms with E-state index >= 15 is 0 Å². The van der Waals surface area contributed by atoms with Crippen molar-refractivity contribution in [2.45, 2.75) is 19.4 Å². The Morgan fingerprint density at radius 2 is 2.05 bits per heavy atom. The van der Waals surface area contributed by atoms with Gasteiger partial charge < -0.3 is 11.1 Å². The van der Waals surface area contributed by atoms with Crippen molar-refractivity contribution in [3.8, 4) is 0 Å². The molecule has 0 bridgehead atoms. The molecule has 0 aliphatic heterocycles. The summed E-state index contributed by atoms with van der Waals surface area (Å²) in [6, 6.07) is 10.0. The zero-order valence-corrected chi connectivity index (χ0v) is 11.5. The normalized spacial score (nSPS) is 10.4. The highest BCUT2D eigenvalue weighted by molar-refractivity contribution is 5.93. The van der Waals surface area contributed by atoms with Gasteiger partial charge in [0.05, 0.1) is 18.3 Å². The van der Waals surface area contributed by atoms with Crippen LogP contribution in [0.4, 0.5) is 0 Å². The standard InChI is InChI=1S/C15H20N4O/c16-8-4-5-9-17-15(20)14-10-18-19(12-14)11-13-6-2-1-3-7-13/h1-3,6-7,10,12H,4-5,8-9,11,16H2,(H,17,20). The molecule has 1 amide bonds. The summed E-state index contributed by atoms with van der Waals surface area (Å²) in [6.07, 6.45) is 5.19. The first kappa shape index (κ1) is 14.3. The highest BCUT2D eigenvalue weighted by atomic mass is 16.1. The fraction of sp³-hybridized carbons (Fsp3) is 0.333. The van der Waals surface area contributed by atoms with Crippen molar-refractivity contribution >= 4 is 5.91 Å². The van der Waals surface area contributed by atoms with E-state index in [1.807, 2.05) is 30.3 Å². The molecule has 0 aliphatic rings. The molecule has 0 fully saturated rings. The van der Waals surface area contributed by atoms with E-state index in [1.165, 1.54) is 0 Å². The van der Waals surface area contributed by atoms with E-state index in [9.17, 15) is 4.79 Å². The van der Waals surface area contributed by atoms with Gasteiger partial charge in [-0.25, -0.2) is 0 Å². The molecule has 0 atom stereocenters. The lowest BCUT2D eigenvalue weighted by Crippen LogP contribution is -2.24. The Hall–Kier alpha value is -2.14. The molecule has 2 aromatic rings. The minimum absolute atomic E-state index is 0.0821. The van der Waals surface area contributed by atoms with Crippen LogP contribution in [0, 0.1) is 0 Å². The lowest BCUT2D eigenvalue weighted by Gasteiger charge is -2.02. The third kappa shape index (κ3) is 4.20. The number of hydrogen-bond donors (Lipinski definition) is 2. The molecular formula is C15H20N4O. The molecule has 0 radical (unpaired) electrons. The van der Waals surface area contributed by atoms with Crippen LogP contribution in [0.2, 0.25) is 0 Å². The average Bonchev–Trinajstić information content (AvgIpc) is 2.93. The topological polar surface area (TPSA) is 72.9 Å². The summed E-state index contributed by atoms with van der Waals surface area (Å²) in [4.78, 5) is 11.9. The molecular weight excluding hydrogens is 252 g/mol. The largest absolute Gasteiger partial charge is 0.352 e. The number of aromatic nitrogens is 2. The van der Waals surface area contributed by atoms with Gasteiger partial charge >= 0.3 is 0 Å². The maximum absolute atomic E-state index is 11.9. The van der Waals surface area contributed by atoms with E-state index in [-0.39, 0.29) is 5.91 Å². The van der Waals surface area contributed by atoms with E-state index < -0.39 is 0 Å². The van der Waals surface area contributed by atoms with E-state index in [2.05, 4.69) is 10.4 Å². The number of nitrogens with zero attached hydrogens (tertiary/aromatic N) is 2. The molecule has 0 aliphatic carbocycles. The van der Waals surface area contributed by atoms with Gasteiger partial charge in [-0.15, -0.1) is 0 Å². The van der Waals surface area contributed by atoms with Gasteiger partial charge in [-0.1, -0.05) is 30.3 Å². The summed E-state index contributed by atoms with van der Waals surface area (Å²) in [5, 5.41) is 7.08. The van der Waals surface area contributed by atoms with Crippen LogP contribution in [-0.4, -0.2) is 28.8 Å². The first-order valence-electron chi connectivity index (χ1n) is 6.84. The number of carbonyl (C=O) groups excluding carboxylic acids is 1. The van der Waals surface area contributed by atoms with Crippen LogP contribution in [-0.2, 0) is 6.54 Å². The van der Waals surface area contributed by atoms with Crippen LogP contribution in [0.25, 0.3) is 0 Å². The molecule has 0 unspecified atom stereocenters. The Morgan fingerprint density at radius 3 is 2.80 bits per heavy atom. The number of carbonyl (C=O) groups is 1. The zero-order chi connectivity index (χ0) is 14.2. The number of amides is 1. The molecule has 1 aromatic carbocycles. The van der Waals surface area contributed by atoms with Crippen LogP contribution >= 0.6 is 0 Å². The molecule has 20 heavy (non-hydrogen) atoms. The van der Waals surface area contributed by atoms with Crippen molar-refractivity contribution in [2.75, 3.05) is 13.1 Å². The first-order chi connectivity index (χ1) is 9.79. The third-order valence-corrected chi connectivity index (χ3v) is 3.00. The minimum Gasteiger partial charge on any atom is -0.352 e. The average molecular weight is 272 g/mol. The van der Waals surface area contributed by atoms with Crippen molar-refractivity contribution in [1.29, 1.82) is 0 Å². The molecule has 1 aromatic heterocycles. The molecule has 0 spiro atoms. The minimum atomic E-state index is -0.0821. The number of nitrogens with two attached hydrogens (primary N) is 1. The van der Waals surface area contributed by atoms with Crippen LogP contribution in [0.15, 0.2) is 42.7 Å². The van der Waals surface area contributed by atoms with Gasteiger partial charge in [0.1, 0.15) is 0 Å². The molecule has 5 heteroatoms. The predicted molar refractivity (Wildman–Crippen MR) is 78.4 cm³/mol. The first-order valence-corrected chi connectivity index (χ1v) is 6.84. The number of hydrogen-bond acceptors (Lipinski definition) is 3. The van der Waals surface area contributed by atoms with Gasteiger partial charge in [0, 0.05) is 12.7 Å². The highest BCUT2D eigenvalue weighted by Gasteiger charge is 2.07. The molecule has 0 saturated carbocycles. The van der Waals surface area contributed by atoms with Gasteiger partial charge in [-0.2, -0.15) is 5.10 Å². The van der Waals surface area contributed by atoms with Crippen molar-refractivity contribution in [2.24, 2.45) is 5.73 Å². The van der Waals surface area contributed by atoms with Crippen LogP contribution in [0.5, 0.6) is 0 Å². The monoisotopic (exact) mass is 272 g/mol. The Balaban J connectivity index is 1.87. The van der Waals surface area contributed by atoms with Crippen molar-refractivity contribution < 1.29 is 4.79 Å². The third-order valence-electron chi connectivity index (χ3n) is 3.00. The van der Waals surface area contributed by atoms with Crippen LogP contribution in [0.3, 0.4) is 0 Å². The lowest BCUT2D eigenvalue weighted by atomic mass is 10.2. The molecule has 5 nitrogen and oxygen atoms in total. The van der Waals surface area contributed by atoms with Crippen molar-refractivity contribution in [1.82, 2.24) is 15.1 Å². The lowest BCUT2D eigenvalue weighted by molar-refractivity contribution is 0.0953.